The number of hydrogen-bond donors (Lipinski definition) is 0. The van der Waals surface area contributed by atoms with Gasteiger partial charge < -0.3 is 4.57 Å². The van der Waals surface area contributed by atoms with Gasteiger partial charge >= 0.3 is 0 Å². The van der Waals surface area contributed by atoms with Crippen molar-refractivity contribution in [3.05, 3.63) is 224 Å². The third-order valence-corrected chi connectivity index (χ3v) is 11.9. The Labute approximate surface area is 358 Å². The minimum absolute atomic E-state index is 0.651. The number of hydrogen-bond acceptors (Lipinski definition) is 3. The average Bonchev–Trinajstić information content (AvgIpc) is 3.92. The van der Waals surface area contributed by atoms with Crippen LogP contribution in [0.25, 0.3) is 111 Å². The fourth-order valence-electron chi connectivity index (χ4n) is 9.07. The van der Waals surface area contributed by atoms with E-state index in [9.17, 15) is 0 Å². The van der Waals surface area contributed by atoms with Crippen LogP contribution in [0.5, 0.6) is 0 Å². The third kappa shape index (κ3) is 5.98. The largest absolute Gasteiger partial charge is 0.309 e. The Morgan fingerprint density at radius 2 is 0.887 bits per heavy atom. The van der Waals surface area contributed by atoms with E-state index in [0.717, 1.165) is 83.7 Å². The molecule has 62 heavy (non-hydrogen) atoms. The summed E-state index contributed by atoms with van der Waals surface area (Å²) >= 11 is 0. The van der Waals surface area contributed by atoms with E-state index in [1.54, 1.807) is 0 Å². The van der Waals surface area contributed by atoms with E-state index in [-0.39, 0.29) is 0 Å². The molecule has 0 aliphatic heterocycles. The smallest absolute Gasteiger partial charge is 0.160 e. The standard InChI is InChI=1S/C57H37N5/c1-4-18-38(19-5-1)49-37-50(42-25-17-28-45(35-42)61-51-32-14-12-30-47(51)48-31-13-15-33-52(48)61)59-57(58-49)44-27-16-26-43(34-44)53-36-41-24-10-11-29-46(41)56-54(39-20-6-2-7-21-39)55(60-62(53)56)40-22-8-3-9-23-40/h1-37H. The van der Waals surface area contributed by atoms with Crippen LogP contribution in [-0.2, 0) is 0 Å². The van der Waals surface area contributed by atoms with Crippen molar-refractivity contribution in [2.45, 2.75) is 0 Å². The lowest BCUT2D eigenvalue weighted by Gasteiger charge is -2.13. The van der Waals surface area contributed by atoms with Crippen molar-refractivity contribution >= 4 is 38.1 Å². The maximum Gasteiger partial charge on any atom is 0.160 e. The number of benzene rings is 8. The quantitative estimate of drug-likeness (QED) is 0.162. The van der Waals surface area contributed by atoms with Gasteiger partial charge in [0.05, 0.1) is 33.6 Å². The van der Waals surface area contributed by atoms with E-state index in [1.807, 2.05) is 6.07 Å². The van der Waals surface area contributed by atoms with Gasteiger partial charge in [-0.3, -0.25) is 0 Å². The van der Waals surface area contributed by atoms with Gasteiger partial charge in [-0.1, -0.05) is 182 Å². The molecular formula is C57H37N5. The summed E-state index contributed by atoms with van der Waals surface area (Å²) in [5.41, 5.74) is 15.4. The Bertz CT molecular complexity index is 3570. The van der Waals surface area contributed by atoms with Crippen molar-refractivity contribution in [1.82, 2.24) is 24.1 Å². The molecule has 0 atom stereocenters. The average molecular weight is 792 g/mol. The van der Waals surface area contributed by atoms with Gasteiger partial charge in [0.25, 0.3) is 0 Å². The normalized spacial score (nSPS) is 11.5. The van der Waals surface area contributed by atoms with Crippen molar-refractivity contribution in [1.29, 1.82) is 0 Å². The molecule has 5 nitrogen and oxygen atoms in total. The van der Waals surface area contributed by atoms with Gasteiger partial charge in [0, 0.05) is 55.2 Å². The highest BCUT2D eigenvalue weighted by atomic mass is 15.2. The van der Waals surface area contributed by atoms with Crippen LogP contribution in [0.4, 0.5) is 0 Å². The van der Waals surface area contributed by atoms with Crippen LogP contribution in [0, 0.1) is 0 Å². The molecule has 0 radical (unpaired) electrons. The van der Waals surface area contributed by atoms with Crippen molar-refractivity contribution in [2.75, 3.05) is 0 Å². The van der Waals surface area contributed by atoms with Gasteiger partial charge in [-0.15, -0.1) is 0 Å². The van der Waals surface area contributed by atoms with Gasteiger partial charge in [0.2, 0.25) is 0 Å². The van der Waals surface area contributed by atoms with E-state index in [2.05, 4.69) is 227 Å². The molecule has 0 bridgehead atoms. The van der Waals surface area contributed by atoms with Gasteiger partial charge in [0.15, 0.2) is 5.82 Å². The Hall–Kier alpha value is -8.41. The first kappa shape index (κ1) is 35.5. The molecule has 0 amide bonds. The SMILES string of the molecule is c1ccc(-c2cc(-c3cccc(-n4c5ccccc5c5ccccc54)c3)nc(-c3cccc(-c4cc5ccccc5c5c(-c6ccccc6)c(-c6ccccc6)nn45)c3)n2)cc1. The number of fused-ring (bicyclic) bond motifs is 6. The topological polar surface area (TPSA) is 48.0 Å². The molecule has 0 N–H and O–H groups in total. The minimum atomic E-state index is 0.651. The van der Waals surface area contributed by atoms with Gasteiger partial charge in [-0.2, -0.15) is 5.10 Å². The monoisotopic (exact) mass is 791 g/mol. The fraction of sp³-hybridized carbons (Fsp3) is 0. The maximum atomic E-state index is 5.45. The molecule has 0 spiro atoms. The molecule has 0 saturated carbocycles. The second-order valence-corrected chi connectivity index (χ2v) is 15.7. The number of nitrogens with zero attached hydrogens (tertiary/aromatic N) is 5. The van der Waals surface area contributed by atoms with Crippen LogP contribution >= 0.6 is 0 Å². The Morgan fingerprint density at radius 1 is 0.355 bits per heavy atom. The summed E-state index contributed by atoms with van der Waals surface area (Å²) in [5, 5.41) is 10.2. The second-order valence-electron chi connectivity index (χ2n) is 15.7. The van der Waals surface area contributed by atoms with E-state index in [4.69, 9.17) is 15.1 Å². The molecule has 5 heteroatoms. The third-order valence-electron chi connectivity index (χ3n) is 11.9. The summed E-state index contributed by atoms with van der Waals surface area (Å²) in [6.45, 7) is 0. The molecule has 0 fully saturated rings. The van der Waals surface area contributed by atoms with Crippen LogP contribution in [0.15, 0.2) is 224 Å². The maximum absolute atomic E-state index is 5.45. The fourth-order valence-corrected chi connectivity index (χ4v) is 9.07. The highest BCUT2D eigenvalue weighted by molar-refractivity contribution is 6.10. The minimum Gasteiger partial charge on any atom is -0.309 e. The molecule has 0 aliphatic carbocycles. The van der Waals surface area contributed by atoms with Crippen molar-refractivity contribution in [3.63, 3.8) is 0 Å². The molecule has 0 saturated heterocycles. The number of rotatable bonds is 7. The molecule has 290 valence electrons. The highest BCUT2D eigenvalue weighted by Crippen LogP contribution is 2.41. The van der Waals surface area contributed by atoms with Crippen LogP contribution < -0.4 is 0 Å². The summed E-state index contributed by atoms with van der Waals surface area (Å²) in [6, 6.07) is 79.0. The van der Waals surface area contributed by atoms with Gasteiger partial charge in [0.1, 0.15) is 5.69 Å². The Kier molecular flexibility index (Phi) is 8.42. The zero-order valence-corrected chi connectivity index (χ0v) is 33.6. The van der Waals surface area contributed by atoms with Crippen molar-refractivity contribution in [3.8, 4) is 73.2 Å². The Morgan fingerprint density at radius 3 is 1.60 bits per heavy atom. The van der Waals surface area contributed by atoms with E-state index in [1.165, 1.54) is 21.8 Å². The first-order valence-corrected chi connectivity index (χ1v) is 20.9. The van der Waals surface area contributed by atoms with Crippen molar-refractivity contribution in [2.24, 2.45) is 0 Å². The molecule has 8 aromatic carbocycles. The molecule has 0 aliphatic rings. The molecule has 0 unspecified atom stereocenters. The molecule has 12 aromatic rings. The zero-order chi connectivity index (χ0) is 41.0. The van der Waals surface area contributed by atoms with Crippen LogP contribution in [0.2, 0.25) is 0 Å². The van der Waals surface area contributed by atoms with Crippen molar-refractivity contribution < 1.29 is 0 Å². The number of aromatic nitrogens is 5. The Balaban J connectivity index is 1.05. The molecule has 12 rings (SSSR count). The summed E-state index contributed by atoms with van der Waals surface area (Å²) < 4.78 is 4.49. The predicted octanol–water partition coefficient (Wildman–Crippen LogP) is 14.4. The molecule has 4 aromatic heterocycles. The van der Waals surface area contributed by atoms with E-state index >= 15 is 0 Å². The van der Waals surface area contributed by atoms with E-state index in [0.29, 0.717) is 5.82 Å². The number of pyridine rings is 1. The first-order chi connectivity index (χ1) is 30.7. The van der Waals surface area contributed by atoms with Crippen LogP contribution in [-0.4, -0.2) is 24.1 Å². The van der Waals surface area contributed by atoms with Crippen LogP contribution in [0.3, 0.4) is 0 Å². The van der Waals surface area contributed by atoms with Crippen LogP contribution in [0.1, 0.15) is 0 Å². The molecular weight excluding hydrogens is 755 g/mol. The summed E-state index contributed by atoms with van der Waals surface area (Å²) in [7, 11) is 0. The van der Waals surface area contributed by atoms with Gasteiger partial charge in [-0.05, 0) is 53.4 Å². The molecule has 4 heterocycles. The summed E-state index contributed by atoms with van der Waals surface area (Å²) in [6.07, 6.45) is 0. The second kappa shape index (κ2) is 14.7. The lowest BCUT2D eigenvalue weighted by molar-refractivity contribution is 0.979. The first-order valence-electron chi connectivity index (χ1n) is 20.9. The number of para-hydroxylation sites is 2. The lowest BCUT2D eigenvalue weighted by atomic mass is 9.97. The summed E-state index contributed by atoms with van der Waals surface area (Å²) in [4.78, 5) is 10.6. The zero-order valence-electron chi connectivity index (χ0n) is 33.6. The summed E-state index contributed by atoms with van der Waals surface area (Å²) in [5.74, 6) is 0.651. The lowest BCUT2D eigenvalue weighted by Crippen LogP contribution is -1.99. The van der Waals surface area contributed by atoms with E-state index < -0.39 is 0 Å². The predicted molar refractivity (Wildman–Crippen MR) is 255 cm³/mol. The highest BCUT2D eigenvalue weighted by Gasteiger charge is 2.22. The van der Waals surface area contributed by atoms with Gasteiger partial charge in [-0.25, -0.2) is 14.5 Å².